The van der Waals surface area contributed by atoms with E-state index in [0.29, 0.717) is 12.3 Å². The van der Waals surface area contributed by atoms with E-state index in [1.807, 2.05) is 0 Å². The molecule has 0 aliphatic carbocycles. The molecule has 0 fully saturated rings. The van der Waals surface area contributed by atoms with E-state index in [2.05, 4.69) is 10.4 Å². The number of hydrogen-bond acceptors (Lipinski definition) is 5. The average Bonchev–Trinajstić information content (AvgIpc) is 3.21. The van der Waals surface area contributed by atoms with Crippen LogP contribution < -0.4 is 5.32 Å². The van der Waals surface area contributed by atoms with Gasteiger partial charge in [0.1, 0.15) is 11.4 Å². The molecule has 1 amide bonds. The third-order valence-corrected chi connectivity index (χ3v) is 3.36. The molecule has 0 saturated carbocycles. The molecule has 0 atom stereocenters. The Bertz CT molecular complexity index is 883. The van der Waals surface area contributed by atoms with Crippen LogP contribution in [-0.2, 0) is 6.54 Å². The SMILES string of the molecule is Cc1ccc(NC(=O)c2ccc(Cn3cccn3)o2)c([N+](=O)[O-])c1. The van der Waals surface area contributed by atoms with Crippen LogP contribution in [0.25, 0.3) is 0 Å². The Morgan fingerprint density at radius 3 is 2.92 bits per heavy atom. The Balaban J connectivity index is 1.76. The van der Waals surface area contributed by atoms with Gasteiger partial charge in [-0.1, -0.05) is 6.07 Å². The van der Waals surface area contributed by atoms with Crippen molar-refractivity contribution in [2.24, 2.45) is 0 Å². The van der Waals surface area contributed by atoms with Crippen molar-refractivity contribution in [2.45, 2.75) is 13.5 Å². The first-order valence-electron chi connectivity index (χ1n) is 7.15. The van der Waals surface area contributed by atoms with Gasteiger partial charge in [0.15, 0.2) is 5.76 Å². The van der Waals surface area contributed by atoms with Crippen molar-refractivity contribution in [3.05, 3.63) is 76.0 Å². The van der Waals surface area contributed by atoms with Crippen LogP contribution in [0.1, 0.15) is 21.9 Å². The average molecular weight is 326 g/mol. The minimum absolute atomic E-state index is 0.0760. The largest absolute Gasteiger partial charge is 0.454 e. The fraction of sp³-hybridized carbons (Fsp3) is 0.125. The lowest BCUT2D eigenvalue weighted by atomic mass is 10.2. The Hall–Kier alpha value is -3.42. The summed E-state index contributed by atoms with van der Waals surface area (Å²) < 4.78 is 7.13. The van der Waals surface area contributed by atoms with Crippen molar-refractivity contribution < 1.29 is 14.1 Å². The van der Waals surface area contributed by atoms with Gasteiger partial charge >= 0.3 is 0 Å². The van der Waals surface area contributed by atoms with Gasteiger partial charge in [-0.3, -0.25) is 19.6 Å². The number of rotatable bonds is 5. The van der Waals surface area contributed by atoms with Crippen LogP contribution in [-0.4, -0.2) is 20.6 Å². The van der Waals surface area contributed by atoms with Gasteiger partial charge < -0.3 is 9.73 Å². The second kappa shape index (κ2) is 6.37. The number of amides is 1. The van der Waals surface area contributed by atoms with Gasteiger partial charge in [0.05, 0.1) is 11.5 Å². The highest BCUT2D eigenvalue weighted by molar-refractivity contribution is 6.03. The van der Waals surface area contributed by atoms with Gasteiger partial charge in [-0.15, -0.1) is 0 Å². The predicted molar refractivity (Wildman–Crippen MR) is 85.8 cm³/mol. The molecular formula is C16H14N4O4. The van der Waals surface area contributed by atoms with Gasteiger partial charge in [0.25, 0.3) is 11.6 Å². The zero-order valence-electron chi connectivity index (χ0n) is 12.8. The molecule has 0 aliphatic rings. The number of nitrogens with one attached hydrogen (secondary N) is 1. The van der Waals surface area contributed by atoms with Crippen molar-refractivity contribution in [3.63, 3.8) is 0 Å². The number of nitro benzene ring substituents is 1. The molecule has 8 nitrogen and oxygen atoms in total. The number of anilines is 1. The number of carbonyl (C=O) groups is 1. The van der Waals surface area contributed by atoms with E-state index in [0.717, 1.165) is 5.56 Å². The number of aryl methyl sites for hydroxylation is 1. The Morgan fingerprint density at radius 1 is 1.38 bits per heavy atom. The van der Waals surface area contributed by atoms with E-state index in [4.69, 9.17) is 4.42 Å². The van der Waals surface area contributed by atoms with Gasteiger partial charge in [-0.05, 0) is 36.8 Å². The summed E-state index contributed by atoms with van der Waals surface area (Å²) >= 11 is 0. The second-order valence-corrected chi connectivity index (χ2v) is 5.20. The van der Waals surface area contributed by atoms with E-state index < -0.39 is 10.8 Å². The van der Waals surface area contributed by atoms with Crippen molar-refractivity contribution >= 4 is 17.3 Å². The first kappa shape index (κ1) is 15.5. The summed E-state index contributed by atoms with van der Waals surface area (Å²) in [4.78, 5) is 22.8. The van der Waals surface area contributed by atoms with Crippen LogP contribution in [0.3, 0.4) is 0 Å². The first-order valence-corrected chi connectivity index (χ1v) is 7.15. The fourth-order valence-corrected chi connectivity index (χ4v) is 2.22. The normalized spacial score (nSPS) is 10.5. The van der Waals surface area contributed by atoms with E-state index in [1.165, 1.54) is 18.2 Å². The third-order valence-electron chi connectivity index (χ3n) is 3.36. The molecule has 0 unspecified atom stereocenters. The van der Waals surface area contributed by atoms with Crippen molar-refractivity contribution in [1.82, 2.24) is 9.78 Å². The molecule has 0 saturated heterocycles. The molecule has 3 aromatic rings. The number of carbonyl (C=O) groups excluding carboxylic acids is 1. The number of aromatic nitrogens is 2. The molecule has 0 radical (unpaired) electrons. The van der Waals surface area contributed by atoms with Crippen molar-refractivity contribution in [1.29, 1.82) is 0 Å². The summed E-state index contributed by atoms with van der Waals surface area (Å²) in [7, 11) is 0. The van der Waals surface area contributed by atoms with Crippen LogP contribution in [0.15, 0.2) is 53.2 Å². The lowest BCUT2D eigenvalue weighted by Crippen LogP contribution is -2.12. The summed E-state index contributed by atoms with van der Waals surface area (Å²) in [6.07, 6.45) is 3.42. The van der Waals surface area contributed by atoms with Gasteiger partial charge in [-0.25, -0.2) is 0 Å². The summed E-state index contributed by atoms with van der Waals surface area (Å²) in [5.74, 6) is 0.0861. The monoisotopic (exact) mass is 326 g/mol. The summed E-state index contributed by atoms with van der Waals surface area (Å²) in [5, 5.41) is 17.7. The molecule has 1 aromatic carbocycles. The van der Waals surface area contributed by atoms with Gasteiger partial charge in [-0.2, -0.15) is 5.10 Å². The molecule has 0 aliphatic heterocycles. The summed E-state index contributed by atoms with van der Waals surface area (Å²) in [6.45, 7) is 2.14. The first-order chi connectivity index (χ1) is 11.5. The zero-order chi connectivity index (χ0) is 17.1. The molecule has 8 heteroatoms. The van der Waals surface area contributed by atoms with E-state index in [1.54, 1.807) is 42.2 Å². The third kappa shape index (κ3) is 3.32. The smallest absolute Gasteiger partial charge is 0.293 e. The Kier molecular flexibility index (Phi) is 4.11. The Labute approximate surface area is 136 Å². The fourth-order valence-electron chi connectivity index (χ4n) is 2.22. The zero-order valence-corrected chi connectivity index (χ0v) is 12.8. The standard InChI is InChI=1S/C16H14N4O4/c1-11-3-5-13(14(9-11)20(22)23)18-16(21)15-6-4-12(24-15)10-19-8-2-7-17-19/h2-9H,10H2,1H3,(H,18,21). The second-order valence-electron chi connectivity index (χ2n) is 5.20. The number of hydrogen-bond donors (Lipinski definition) is 1. The molecule has 0 spiro atoms. The van der Waals surface area contributed by atoms with Crippen molar-refractivity contribution in [3.8, 4) is 0 Å². The molecule has 0 bridgehead atoms. The van der Waals surface area contributed by atoms with Crippen LogP contribution >= 0.6 is 0 Å². The maximum atomic E-state index is 12.2. The molecule has 2 aromatic heterocycles. The van der Waals surface area contributed by atoms with Crippen LogP contribution in [0, 0.1) is 17.0 Å². The maximum absolute atomic E-state index is 12.2. The van der Waals surface area contributed by atoms with E-state index in [9.17, 15) is 14.9 Å². The molecule has 122 valence electrons. The minimum Gasteiger partial charge on any atom is -0.454 e. The Morgan fingerprint density at radius 2 is 2.21 bits per heavy atom. The quantitative estimate of drug-likeness (QED) is 0.573. The predicted octanol–water partition coefficient (Wildman–Crippen LogP) is 2.99. The van der Waals surface area contributed by atoms with E-state index >= 15 is 0 Å². The molecule has 2 heterocycles. The summed E-state index contributed by atoms with van der Waals surface area (Å²) in [6, 6.07) is 9.56. The number of nitrogens with zero attached hydrogens (tertiary/aromatic N) is 3. The van der Waals surface area contributed by atoms with Crippen molar-refractivity contribution in [2.75, 3.05) is 5.32 Å². The van der Waals surface area contributed by atoms with Crippen LogP contribution in [0.4, 0.5) is 11.4 Å². The molecule has 24 heavy (non-hydrogen) atoms. The highest BCUT2D eigenvalue weighted by Crippen LogP contribution is 2.26. The lowest BCUT2D eigenvalue weighted by molar-refractivity contribution is -0.384. The van der Waals surface area contributed by atoms with Gasteiger partial charge in [0.2, 0.25) is 0 Å². The number of benzene rings is 1. The summed E-state index contributed by atoms with van der Waals surface area (Å²) in [5.41, 5.74) is 0.700. The number of furan rings is 1. The minimum atomic E-state index is -0.548. The number of nitro groups is 1. The van der Waals surface area contributed by atoms with E-state index in [-0.39, 0.29) is 17.1 Å². The lowest BCUT2D eigenvalue weighted by Gasteiger charge is -2.05. The van der Waals surface area contributed by atoms with Crippen LogP contribution in [0.5, 0.6) is 0 Å². The van der Waals surface area contributed by atoms with Crippen LogP contribution in [0.2, 0.25) is 0 Å². The van der Waals surface area contributed by atoms with Gasteiger partial charge in [0, 0.05) is 18.5 Å². The molecule has 3 rings (SSSR count). The molecule has 1 N–H and O–H groups in total. The molecular weight excluding hydrogens is 312 g/mol. The highest BCUT2D eigenvalue weighted by atomic mass is 16.6. The maximum Gasteiger partial charge on any atom is 0.293 e. The topological polar surface area (TPSA) is 103 Å². The highest BCUT2D eigenvalue weighted by Gasteiger charge is 2.18.